The fraction of sp³-hybridized carbons (Fsp3) is 0.579. The normalized spacial score (nSPS) is 28.8. The molecule has 1 aliphatic heterocycles. The van der Waals surface area contributed by atoms with Gasteiger partial charge in [-0.3, -0.25) is 9.59 Å². The van der Waals surface area contributed by atoms with Crippen LogP contribution >= 0.6 is 12.4 Å². The average Bonchev–Trinajstić information content (AvgIpc) is 2.60. The molecule has 1 heterocycles. The highest BCUT2D eigenvalue weighted by Crippen LogP contribution is 2.57. The molecule has 1 saturated carbocycles. The van der Waals surface area contributed by atoms with Crippen LogP contribution in [0.5, 0.6) is 0 Å². The first-order valence-electron chi connectivity index (χ1n) is 8.73. The zero-order valence-corrected chi connectivity index (χ0v) is 16.6. The number of fused-ring (bicyclic) bond motifs is 1. The minimum Gasteiger partial charge on any atom is -0.377 e. The van der Waals surface area contributed by atoms with Crippen molar-refractivity contribution in [2.75, 3.05) is 26.0 Å². The number of hydrogen-bond acceptors (Lipinski definition) is 4. The van der Waals surface area contributed by atoms with Gasteiger partial charge in [0.15, 0.2) is 0 Å². The molecule has 144 valence electrons. The first-order chi connectivity index (χ1) is 11.7. The molecular formula is C19H28ClN3O3. The Hall–Kier alpha value is -1.63. The van der Waals surface area contributed by atoms with E-state index in [2.05, 4.69) is 5.32 Å². The average molecular weight is 382 g/mol. The molecule has 3 atom stereocenters. The summed E-state index contributed by atoms with van der Waals surface area (Å²) in [6.45, 7) is 4.72. The summed E-state index contributed by atoms with van der Waals surface area (Å²) < 4.78 is 5.85. The number of hydrogen-bond donors (Lipinski definition) is 2. The van der Waals surface area contributed by atoms with E-state index in [9.17, 15) is 9.59 Å². The number of carbonyl (C=O) groups is 2. The number of anilines is 1. The fourth-order valence-electron chi connectivity index (χ4n) is 4.26. The third kappa shape index (κ3) is 3.00. The molecule has 0 bridgehead atoms. The minimum atomic E-state index is -0.973. The minimum absolute atomic E-state index is 0. The molecule has 1 aromatic carbocycles. The highest BCUT2D eigenvalue weighted by Gasteiger charge is 2.70. The van der Waals surface area contributed by atoms with Gasteiger partial charge in [-0.25, -0.2) is 0 Å². The molecule has 26 heavy (non-hydrogen) atoms. The van der Waals surface area contributed by atoms with Crippen LogP contribution in [0.1, 0.15) is 37.0 Å². The molecule has 7 heteroatoms. The molecule has 0 aromatic heterocycles. The van der Waals surface area contributed by atoms with Crippen LogP contribution in [-0.4, -0.2) is 49.1 Å². The van der Waals surface area contributed by atoms with E-state index in [4.69, 9.17) is 10.5 Å². The van der Waals surface area contributed by atoms with Crippen molar-refractivity contribution in [3.8, 4) is 0 Å². The highest BCUT2D eigenvalue weighted by atomic mass is 35.5. The van der Waals surface area contributed by atoms with Crippen LogP contribution in [0.3, 0.4) is 0 Å². The van der Waals surface area contributed by atoms with Crippen molar-refractivity contribution in [3.63, 3.8) is 0 Å². The summed E-state index contributed by atoms with van der Waals surface area (Å²) in [7, 11) is 3.39. The molecule has 3 N–H and O–H groups in total. The molecule has 2 fully saturated rings. The second-order valence-electron chi connectivity index (χ2n) is 7.87. The Morgan fingerprint density at radius 3 is 2.65 bits per heavy atom. The van der Waals surface area contributed by atoms with Gasteiger partial charge in [-0.05, 0) is 31.0 Å². The lowest BCUT2D eigenvalue weighted by Crippen LogP contribution is -2.81. The van der Waals surface area contributed by atoms with Gasteiger partial charge in [-0.1, -0.05) is 19.9 Å². The lowest BCUT2D eigenvalue weighted by atomic mass is 9.46. The number of nitrogens with two attached hydrogens (primary N) is 1. The van der Waals surface area contributed by atoms with E-state index in [0.717, 1.165) is 19.4 Å². The van der Waals surface area contributed by atoms with Gasteiger partial charge < -0.3 is 20.7 Å². The van der Waals surface area contributed by atoms with Crippen molar-refractivity contribution in [2.45, 2.75) is 38.3 Å². The first-order valence-corrected chi connectivity index (χ1v) is 8.73. The Morgan fingerprint density at radius 2 is 2.00 bits per heavy atom. The molecule has 0 spiro atoms. The van der Waals surface area contributed by atoms with Gasteiger partial charge in [0.05, 0.1) is 6.10 Å². The van der Waals surface area contributed by atoms with Gasteiger partial charge in [-0.2, -0.15) is 0 Å². The molecule has 6 nitrogen and oxygen atoms in total. The zero-order chi connectivity index (χ0) is 18.4. The SMILES string of the molecule is CN(C)C(=O)c1cccc(NC(=O)C2(N)C3CCCOC3C2(C)C)c1.Cl. The lowest BCUT2D eigenvalue weighted by molar-refractivity contribution is -0.222. The van der Waals surface area contributed by atoms with E-state index in [1.807, 2.05) is 13.8 Å². The Morgan fingerprint density at radius 1 is 1.31 bits per heavy atom. The predicted molar refractivity (Wildman–Crippen MR) is 104 cm³/mol. The molecule has 2 aliphatic rings. The number of amides is 2. The third-order valence-corrected chi connectivity index (χ3v) is 5.83. The van der Waals surface area contributed by atoms with Gasteiger partial charge in [0.25, 0.3) is 5.91 Å². The number of carbonyl (C=O) groups excluding carboxylic acids is 2. The molecule has 1 saturated heterocycles. The number of ether oxygens (including phenoxy) is 1. The second kappa shape index (κ2) is 7.18. The van der Waals surface area contributed by atoms with Gasteiger partial charge in [0.2, 0.25) is 5.91 Å². The van der Waals surface area contributed by atoms with Crippen molar-refractivity contribution in [1.29, 1.82) is 0 Å². The fourth-order valence-corrected chi connectivity index (χ4v) is 4.26. The molecule has 1 aliphatic carbocycles. The maximum Gasteiger partial charge on any atom is 0.253 e. The van der Waals surface area contributed by atoms with Gasteiger partial charge in [0.1, 0.15) is 5.54 Å². The zero-order valence-electron chi connectivity index (χ0n) is 15.7. The monoisotopic (exact) mass is 381 g/mol. The van der Waals surface area contributed by atoms with E-state index < -0.39 is 11.0 Å². The summed E-state index contributed by atoms with van der Waals surface area (Å²) in [4.78, 5) is 26.6. The Labute approximate surface area is 160 Å². The summed E-state index contributed by atoms with van der Waals surface area (Å²) in [6.07, 6.45) is 1.85. The van der Waals surface area contributed by atoms with E-state index in [-0.39, 0.29) is 36.2 Å². The Bertz CT molecular complexity index is 707. The van der Waals surface area contributed by atoms with Gasteiger partial charge >= 0.3 is 0 Å². The van der Waals surface area contributed by atoms with Crippen molar-refractivity contribution in [2.24, 2.45) is 17.1 Å². The molecular weight excluding hydrogens is 354 g/mol. The quantitative estimate of drug-likeness (QED) is 0.841. The standard InChI is InChI=1S/C19H27N3O3.ClH/c1-18(2)15-14(9-6-10-25-15)19(18,20)17(24)21-13-8-5-7-12(11-13)16(23)22(3)4;/h5,7-8,11,14-15H,6,9-10,20H2,1-4H3,(H,21,24);1H. The number of nitrogens with zero attached hydrogens (tertiary/aromatic N) is 1. The Kier molecular flexibility index (Phi) is 5.71. The number of benzene rings is 1. The van der Waals surface area contributed by atoms with Gasteiger partial charge in [-0.15, -0.1) is 12.4 Å². The molecule has 3 unspecified atom stereocenters. The summed E-state index contributed by atoms with van der Waals surface area (Å²) in [5, 5.41) is 2.92. The van der Waals surface area contributed by atoms with Crippen LogP contribution in [0.2, 0.25) is 0 Å². The van der Waals surface area contributed by atoms with Crippen molar-refractivity contribution in [1.82, 2.24) is 4.90 Å². The molecule has 3 rings (SSSR count). The smallest absolute Gasteiger partial charge is 0.253 e. The Balaban J connectivity index is 0.00000243. The van der Waals surface area contributed by atoms with E-state index >= 15 is 0 Å². The van der Waals surface area contributed by atoms with E-state index in [0.29, 0.717) is 11.3 Å². The topological polar surface area (TPSA) is 84.7 Å². The summed E-state index contributed by atoms with van der Waals surface area (Å²) in [5.74, 6) is -0.287. The third-order valence-electron chi connectivity index (χ3n) is 5.83. The van der Waals surface area contributed by atoms with Crippen LogP contribution in [0, 0.1) is 11.3 Å². The number of rotatable bonds is 3. The van der Waals surface area contributed by atoms with Crippen LogP contribution in [-0.2, 0) is 9.53 Å². The predicted octanol–water partition coefficient (Wildman–Crippen LogP) is 2.28. The van der Waals surface area contributed by atoms with Crippen LogP contribution in [0.4, 0.5) is 5.69 Å². The second-order valence-corrected chi connectivity index (χ2v) is 7.87. The van der Waals surface area contributed by atoms with Crippen molar-refractivity contribution >= 4 is 29.9 Å². The maximum atomic E-state index is 13.0. The summed E-state index contributed by atoms with van der Waals surface area (Å²) in [5.41, 5.74) is 6.31. The van der Waals surface area contributed by atoms with Crippen molar-refractivity contribution < 1.29 is 14.3 Å². The van der Waals surface area contributed by atoms with E-state index in [1.54, 1.807) is 38.4 Å². The highest BCUT2D eigenvalue weighted by molar-refractivity contribution is 6.01. The van der Waals surface area contributed by atoms with Crippen LogP contribution < -0.4 is 11.1 Å². The number of nitrogens with one attached hydrogen (secondary N) is 1. The van der Waals surface area contributed by atoms with Crippen molar-refractivity contribution in [3.05, 3.63) is 29.8 Å². The molecule has 2 amide bonds. The van der Waals surface area contributed by atoms with Crippen LogP contribution in [0.25, 0.3) is 0 Å². The maximum absolute atomic E-state index is 13.0. The lowest BCUT2D eigenvalue weighted by Gasteiger charge is -2.65. The molecule has 0 radical (unpaired) electrons. The largest absolute Gasteiger partial charge is 0.377 e. The molecule has 1 aromatic rings. The summed E-state index contributed by atoms with van der Waals surface area (Å²) in [6, 6.07) is 6.95. The van der Waals surface area contributed by atoms with Crippen LogP contribution in [0.15, 0.2) is 24.3 Å². The van der Waals surface area contributed by atoms with Gasteiger partial charge in [0, 0.05) is 43.3 Å². The first kappa shape index (κ1) is 20.7. The summed E-state index contributed by atoms with van der Waals surface area (Å²) >= 11 is 0. The van der Waals surface area contributed by atoms with E-state index in [1.165, 1.54) is 4.90 Å². The number of halogens is 1.